The van der Waals surface area contributed by atoms with Crippen LogP contribution in [0.1, 0.15) is 11.1 Å². The average molecular weight is 492 g/mol. The minimum atomic E-state index is -4.21. The number of nitrogens with zero attached hydrogens (tertiary/aromatic N) is 3. The van der Waals surface area contributed by atoms with E-state index in [2.05, 4.69) is 15.0 Å². The minimum Gasteiger partial charge on any atom is -0.497 e. The van der Waals surface area contributed by atoms with Gasteiger partial charge in [0.25, 0.3) is 0 Å². The van der Waals surface area contributed by atoms with Crippen LogP contribution >= 0.6 is 0 Å². The van der Waals surface area contributed by atoms with E-state index in [1.165, 1.54) is 25.3 Å². The third-order valence-electron chi connectivity index (χ3n) is 5.34. The van der Waals surface area contributed by atoms with Crippen LogP contribution in [0.3, 0.4) is 0 Å². The van der Waals surface area contributed by atoms with Crippen LogP contribution in [0, 0.1) is 0 Å². The van der Waals surface area contributed by atoms with Gasteiger partial charge in [0.1, 0.15) is 17.8 Å². The molecule has 0 aliphatic carbocycles. The molecule has 10 heteroatoms. The van der Waals surface area contributed by atoms with Crippen LogP contribution in [0.4, 0.5) is 5.69 Å². The number of ether oxygens (including phenoxy) is 1. The molecular weight excluding hydrogens is 474 g/mol. The molecule has 2 heterocycles. The number of aromatic nitrogens is 2. The number of sulfone groups is 2. The lowest BCUT2D eigenvalue weighted by atomic mass is 10.0. The highest BCUT2D eigenvalue weighted by Crippen LogP contribution is 2.39. The molecule has 0 unspecified atom stereocenters. The topological polar surface area (TPSA) is 116 Å². The molecule has 0 spiro atoms. The summed E-state index contributed by atoms with van der Waals surface area (Å²) in [5.41, 5.74) is 0.852. The lowest BCUT2D eigenvalue weighted by Gasteiger charge is -2.10. The molecule has 8 nitrogen and oxygen atoms in total. The molecule has 170 valence electrons. The van der Waals surface area contributed by atoms with Gasteiger partial charge in [-0.25, -0.2) is 31.8 Å². The summed E-state index contributed by atoms with van der Waals surface area (Å²) < 4.78 is 59.4. The van der Waals surface area contributed by atoms with Gasteiger partial charge in [-0.3, -0.25) is 0 Å². The molecule has 1 aromatic heterocycles. The van der Waals surface area contributed by atoms with E-state index in [0.717, 1.165) is 6.33 Å². The molecule has 0 N–H and O–H groups in total. The first kappa shape index (κ1) is 21.9. The van der Waals surface area contributed by atoms with Crippen molar-refractivity contribution in [3.05, 3.63) is 96.3 Å². The fourth-order valence-electron chi connectivity index (χ4n) is 3.69. The van der Waals surface area contributed by atoms with E-state index in [1.807, 2.05) is 0 Å². The Kier molecular flexibility index (Phi) is 5.26. The molecule has 0 amide bonds. The maximum atomic E-state index is 13.6. The number of methoxy groups -OCH3 is 1. The van der Waals surface area contributed by atoms with Crippen molar-refractivity contribution in [2.24, 2.45) is 4.99 Å². The monoisotopic (exact) mass is 491 g/mol. The molecule has 0 saturated heterocycles. The molecule has 0 atom stereocenters. The van der Waals surface area contributed by atoms with Gasteiger partial charge in [-0.05, 0) is 42.5 Å². The van der Waals surface area contributed by atoms with Crippen molar-refractivity contribution in [2.45, 2.75) is 19.8 Å². The van der Waals surface area contributed by atoms with Crippen LogP contribution in [0.25, 0.3) is 0 Å². The average Bonchev–Trinajstić information content (AvgIpc) is 2.97. The Morgan fingerprint density at radius 2 is 1.50 bits per heavy atom. The van der Waals surface area contributed by atoms with Crippen molar-refractivity contribution in [1.82, 2.24) is 9.97 Å². The summed E-state index contributed by atoms with van der Waals surface area (Å²) in [5.74, 6) is 0.606. The quantitative estimate of drug-likeness (QED) is 0.353. The van der Waals surface area contributed by atoms with E-state index in [4.69, 9.17) is 4.74 Å². The molecule has 34 heavy (non-hydrogen) atoms. The number of hydrogen-bond acceptors (Lipinski definition) is 8. The first-order valence-corrected chi connectivity index (χ1v) is 13.0. The first-order valence-electron chi connectivity index (χ1n) is 10.1. The smallest absolute Gasteiger partial charge is 0.226 e. The molecule has 0 saturated carbocycles. The highest BCUT2D eigenvalue weighted by molar-refractivity contribution is 7.92. The summed E-state index contributed by atoms with van der Waals surface area (Å²) in [6.07, 6.45) is 0.933. The summed E-state index contributed by atoms with van der Waals surface area (Å²) in [7, 11) is -6.87. The Morgan fingerprint density at radius 1 is 0.824 bits per heavy atom. The summed E-state index contributed by atoms with van der Waals surface area (Å²) in [4.78, 5) is 12.5. The third-order valence-corrected chi connectivity index (χ3v) is 8.78. The van der Waals surface area contributed by atoms with Gasteiger partial charge in [-0.1, -0.05) is 36.4 Å². The zero-order valence-corrected chi connectivity index (χ0v) is 19.4. The number of benzene rings is 3. The van der Waals surface area contributed by atoms with Crippen molar-refractivity contribution in [2.75, 3.05) is 7.11 Å². The SMILES string of the molecule is COc1ccc(C2=Nc3c(S(=O)(=O)c4ccccc4)ncnc3S(=O)(=O)c3ccccc32)cc1. The van der Waals surface area contributed by atoms with E-state index in [1.54, 1.807) is 60.7 Å². The van der Waals surface area contributed by atoms with Gasteiger partial charge in [0.05, 0.1) is 22.6 Å². The molecule has 0 fully saturated rings. The fourth-order valence-corrected chi connectivity index (χ4v) is 6.58. The van der Waals surface area contributed by atoms with Gasteiger partial charge in [0.2, 0.25) is 19.7 Å². The molecule has 5 rings (SSSR count). The largest absolute Gasteiger partial charge is 0.497 e. The third kappa shape index (κ3) is 3.47. The van der Waals surface area contributed by atoms with Gasteiger partial charge >= 0.3 is 0 Å². The van der Waals surface area contributed by atoms with Crippen molar-refractivity contribution >= 4 is 31.1 Å². The predicted molar refractivity (Wildman–Crippen MR) is 124 cm³/mol. The first-order chi connectivity index (χ1) is 16.3. The number of rotatable bonds is 4. The Hall–Kier alpha value is -3.89. The molecule has 1 aliphatic heterocycles. The van der Waals surface area contributed by atoms with Crippen LogP contribution in [0.5, 0.6) is 5.75 Å². The van der Waals surface area contributed by atoms with Gasteiger partial charge in [0.15, 0.2) is 10.1 Å². The molecule has 1 aliphatic rings. The van der Waals surface area contributed by atoms with E-state index in [0.29, 0.717) is 16.9 Å². The van der Waals surface area contributed by atoms with Gasteiger partial charge in [0, 0.05) is 11.1 Å². The van der Waals surface area contributed by atoms with Crippen molar-refractivity contribution in [1.29, 1.82) is 0 Å². The standard InChI is InChI=1S/C24H17N3O5S2/c1-32-17-13-11-16(12-14-17)21-19-9-5-6-10-20(19)34(30,31)24-22(27-21)23(25-15-26-24)33(28,29)18-7-3-2-4-8-18/h2-15H,1H3. The van der Waals surface area contributed by atoms with Crippen LogP contribution in [-0.4, -0.2) is 39.6 Å². The van der Waals surface area contributed by atoms with E-state index in [-0.39, 0.29) is 21.2 Å². The lowest BCUT2D eigenvalue weighted by molar-refractivity contribution is 0.415. The summed E-state index contributed by atoms with van der Waals surface area (Å²) in [5, 5.41) is -0.945. The van der Waals surface area contributed by atoms with Gasteiger partial charge in [-0.15, -0.1) is 0 Å². The highest BCUT2D eigenvalue weighted by atomic mass is 32.2. The summed E-state index contributed by atoms with van der Waals surface area (Å²) in [6.45, 7) is 0. The second-order valence-corrected chi connectivity index (χ2v) is 11.0. The molecule has 0 bridgehead atoms. The van der Waals surface area contributed by atoms with Gasteiger partial charge < -0.3 is 4.74 Å². The summed E-state index contributed by atoms with van der Waals surface area (Å²) in [6, 6.07) is 20.9. The van der Waals surface area contributed by atoms with Crippen LogP contribution in [0.2, 0.25) is 0 Å². The maximum Gasteiger partial charge on any atom is 0.226 e. The second kappa shape index (κ2) is 8.15. The fraction of sp³-hybridized carbons (Fsp3) is 0.0417. The number of fused-ring (bicyclic) bond motifs is 2. The number of aliphatic imine (C=N–C) groups is 1. The highest BCUT2D eigenvalue weighted by Gasteiger charge is 2.36. The molecule has 3 aromatic carbocycles. The van der Waals surface area contributed by atoms with Crippen molar-refractivity contribution in [3.63, 3.8) is 0 Å². The Balaban J connectivity index is 1.87. The maximum absolute atomic E-state index is 13.6. The summed E-state index contributed by atoms with van der Waals surface area (Å²) >= 11 is 0. The predicted octanol–water partition coefficient (Wildman–Crippen LogP) is 3.63. The lowest BCUT2D eigenvalue weighted by Crippen LogP contribution is -2.11. The Labute approximate surface area is 196 Å². The zero-order chi connectivity index (χ0) is 23.9. The normalized spacial score (nSPS) is 14.3. The molecule has 4 aromatic rings. The Bertz CT molecular complexity index is 1650. The van der Waals surface area contributed by atoms with Gasteiger partial charge in [-0.2, -0.15) is 0 Å². The van der Waals surface area contributed by atoms with Crippen molar-refractivity contribution < 1.29 is 21.6 Å². The van der Waals surface area contributed by atoms with Crippen molar-refractivity contribution in [3.8, 4) is 5.75 Å². The van der Waals surface area contributed by atoms with Crippen LogP contribution in [0.15, 0.2) is 110 Å². The minimum absolute atomic E-state index is 0.0231. The molecular formula is C24H17N3O5S2. The van der Waals surface area contributed by atoms with E-state index < -0.39 is 29.7 Å². The van der Waals surface area contributed by atoms with E-state index >= 15 is 0 Å². The van der Waals surface area contributed by atoms with Crippen LogP contribution < -0.4 is 4.74 Å². The van der Waals surface area contributed by atoms with E-state index in [9.17, 15) is 16.8 Å². The Morgan fingerprint density at radius 3 is 2.21 bits per heavy atom. The zero-order valence-electron chi connectivity index (χ0n) is 17.8. The second-order valence-electron chi connectivity index (χ2n) is 7.34. The van der Waals surface area contributed by atoms with Crippen LogP contribution in [-0.2, 0) is 19.7 Å². The molecule has 0 radical (unpaired) electrons. The number of hydrogen-bond donors (Lipinski definition) is 0.